The van der Waals surface area contributed by atoms with Crippen LogP contribution in [0.25, 0.3) is 0 Å². The van der Waals surface area contributed by atoms with Crippen molar-refractivity contribution in [1.29, 1.82) is 0 Å². The predicted molar refractivity (Wildman–Crippen MR) is 104 cm³/mol. The summed E-state index contributed by atoms with van der Waals surface area (Å²) < 4.78 is 45.3. The van der Waals surface area contributed by atoms with Crippen LogP contribution in [0.2, 0.25) is 10.0 Å². The molecule has 0 aliphatic carbocycles. The van der Waals surface area contributed by atoms with E-state index in [0.29, 0.717) is 0 Å². The summed E-state index contributed by atoms with van der Waals surface area (Å²) >= 11 is 11.9. The molecule has 1 amide bonds. The maximum Gasteiger partial charge on any atom is 0.260 e. The summed E-state index contributed by atoms with van der Waals surface area (Å²) in [6, 6.07) is 9.75. The van der Waals surface area contributed by atoms with Crippen LogP contribution in [-0.4, -0.2) is 56.3 Å². The smallest absolute Gasteiger partial charge is 0.260 e. The van der Waals surface area contributed by atoms with Gasteiger partial charge in [0.2, 0.25) is 10.0 Å². The van der Waals surface area contributed by atoms with E-state index in [1.54, 1.807) is 6.07 Å². The molecule has 1 saturated heterocycles. The summed E-state index contributed by atoms with van der Waals surface area (Å²) in [5, 5.41) is 0.359. The molecule has 6 nitrogen and oxygen atoms in total. The summed E-state index contributed by atoms with van der Waals surface area (Å²) in [5.74, 6) is -0.504. The highest BCUT2D eigenvalue weighted by Crippen LogP contribution is 2.28. The molecule has 1 fully saturated rings. The number of carbonyl (C=O) groups is 1. The lowest BCUT2D eigenvalue weighted by Crippen LogP contribution is -2.51. The standard InChI is InChI=1S/C18H17Cl2FN2O4S/c19-13-4-5-16(20)17(10-13)28(25,26)23-8-6-22(7-9-23)18(24)12-27-15-3-1-2-14(21)11-15/h1-5,10-11H,6-9,12H2. The third kappa shape index (κ3) is 4.75. The number of rotatable bonds is 5. The van der Waals surface area contributed by atoms with Crippen molar-refractivity contribution in [3.63, 3.8) is 0 Å². The minimum Gasteiger partial charge on any atom is -0.484 e. The number of benzene rings is 2. The Morgan fingerprint density at radius 1 is 1.07 bits per heavy atom. The molecule has 0 saturated carbocycles. The minimum atomic E-state index is -3.82. The van der Waals surface area contributed by atoms with Crippen molar-refractivity contribution in [1.82, 2.24) is 9.21 Å². The van der Waals surface area contributed by atoms with Gasteiger partial charge in [-0.25, -0.2) is 12.8 Å². The summed E-state index contributed by atoms with van der Waals surface area (Å²) in [4.78, 5) is 13.7. The number of nitrogens with zero attached hydrogens (tertiary/aromatic N) is 2. The Morgan fingerprint density at radius 2 is 1.79 bits per heavy atom. The fourth-order valence-corrected chi connectivity index (χ4v) is 4.94. The van der Waals surface area contributed by atoms with Crippen LogP contribution in [-0.2, 0) is 14.8 Å². The average molecular weight is 447 g/mol. The van der Waals surface area contributed by atoms with Gasteiger partial charge in [0.15, 0.2) is 6.61 Å². The molecule has 0 radical (unpaired) electrons. The van der Waals surface area contributed by atoms with E-state index in [1.807, 2.05) is 0 Å². The SMILES string of the molecule is O=C(COc1cccc(F)c1)N1CCN(S(=O)(=O)c2cc(Cl)ccc2Cl)CC1. The van der Waals surface area contributed by atoms with Crippen molar-refractivity contribution in [3.05, 3.63) is 58.3 Å². The van der Waals surface area contributed by atoms with Crippen LogP contribution in [0.3, 0.4) is 0 Å². The molecular weight excluding hydrogens is 430 g/mol. The Hall–Kier alpha value is -1.87. The zero-order valence-corrected chi connectivity index (χ0v) is 17.0. The molecule has 0 bridgehead atoms. The molecule has 28 heavy (non-hydrogen) atoms. The molecule has 0 unspecified atom stereocenters. The van der Waals surface area contributed by atoms with Gasteiger partial charge in [-0.1, -0.05) is 29.3 Å². The molecule has 0 spiro atoms. The molecule has 1 aliphatic rings. The highest BCUT2D eigenvalue weighted by Gasteiger charge is 2.31. The molecule has 0 atom stereocenters. The van der Waals surface area contributed by atoms with Crippen molar-refractivity contribution in [3.8, 4) is 5.75 Å². The Morgan fingerprint density at radius 3 is 2.46 bits per heavy atom. The maximum atomic E-state index is 13.1. The first-order chi connectivity index (χ1) is 13.3. The van der Waals surface area contributed by atoms with Gasteiger partial charge in [-0.15, -0.1) is 0 Å². The van der Waals surface area contributed by atoms with Gasteiger partial charge in [-0.3, -0.25) is 4.79 Å². The first-order valence-corrected chi connectivity index (χ1v) is 10.6. The molecule has 2 aromatic carbocycles. The number of hydrogen-bond acceptors (Lipinski definition) is 4. The van der Waals surface area contributed by atoms with E-state index in [1.165, 1.54) is 45.6 Å². The third-order valence-electron chi connectivity index (χ3n) is 4.26. The van der Waals surface area contributed by atoms with E-state index in [9.17, 15) is 17.6 Å². The van der Waals surface area contributed by atoms with Crippen molar-refractivity contribution in [2.24, 2.45) is 0 Å². The molecule has 3 rings (SSSR count). The van der Waals surface area contributed by atoms with Crippen molar-refractivity contribution in [2.75, 3.05) is 32.8 Å². The fraction of sp³-hybridized carbons (Fsp3) is 0.278. The second-order valence-electron chi connectivity index (χ2n) is 6.11. The zero-order valence-electron chi connectivity index (χ0n) is 14.6. The second-order valence-corrected chi connectivity index (χ2v) is 8.86. The summed E-state index contributed by atoms with van der Waals surface area (Å²) in [6.07, 6.45) is 0. The van der Waals surface area contributed by atoms with Gasteiger partial charge >= 0.3 is 0 Å². The number of carbonyl (C=O) groups excluding carboxylic acids is 1. The van der Waals surface area contributed by atoms with E-state index in [4.69, 9.17) is 27.9 Å². The van der Waals surface area contributed by atoms with Crippen molar-refractivity contribution >= 4 is 39.1 Å². The molecule has 2 aromatic rings. The number of piperazine rings is 1. The first kappa shape index (κ1) is 20.9. The quantitative estimate of drug-likeness (QED) is 0.707. The van der Waals surface area contributed by atoms with E-state index in [0.717, 1.165) is 0 Å². The maximum absolute atomic E-state index is 13.1. The van der Waals surface area contributed by atoms with Gasteiger partial charge in [0.05, 0.1) is 5.02 Å². The van der Waals surface area contributed by atoms with Gasteiger partial charge < -0.3 is 9.64 Å². The lowest BCUT2D eigenvalue weighted by molar-refractivity contribution is -0.134. The van der Waals surface area contributed by atoms with E-state index < -0.39 is 15.8 Å². The van der Waals surface area contributed by atoms with Gasteiger partial charge in [0, 0.05) is 37.3 Å². The average Bonchev–Trinajstić information content (AvgIpc) is 2.68. The Bertz CT molecular complexity index is 979. The van der Waals surface area contributed by atoms with Crippen LogP contribution in [0.1, 0.15) is 0 Å². The normalized spacial score (nSPS) is 15.5. The van der Waals surface area contributed by atoms with E-state index >= 15 is 0 Å². The number of hydrogen-bond donors (Lipinski definition) is 0. The monoisotopic (exact) mass is 446 g/mol. The number of ether oxygens (including phenoxy) is 1. The largest absolute Gasteiger partial charge is 0.484 e. The van der Waals surface area contributed by atoms with Crippen LogP contribution < -0.4 is 4.74 Å². The number of halogens is 3. The van der Waals surface area contributed by atoms with Gasteiger partial charge in [0.1, 0.15) is 16.5 Å². The van der Waals surface area contributed by atoms with Crippen LogP contribution in [0.4, 0.5) is 4.39 Å². The molecule has 0 N–H and O–H groups in total. The second kappa shape index (κ2) is 8.65. The minimum absolute atomic E-state index is 0.0594. The van der Waals surface area contributed by atoms with Crippen molar-refractivity contribution in [2.45, 2.75) is 4.90 Å². The number of amides is 1. The third-order valence-corrected chi connectivity index (χ3v) is 6.88. The lowest BCUT2D eigenvalue weighted by atomic mass is 10.3. The van der Waals surface area contributed by atoms with Crippen LogP contribution in [0.5, 0.6) is 5.75 Å². The highest BCUT2D eigenvalue weighted by molar-refractivity contribution is 7.89. The Labute approximate surface area is 172 Å². The van der Waals surface area contributed by atoms with Crippen molar-refractivity contribution < 1.29 is 22.3 Å². The van der Waals surface area contributed by atoms with Gasteiger partial charge in [0.25, 0.3) is 5.91 Å². The highest BCUT2D eigenvalue weighted by atomic mass is 35.5. The van der Waals surface area contributed by atoms with E-state index in [-0.39, 0.29) is 59.4 Å². The zero-order chi connectivity index (χ0) is 20.3. The molecule has 10 heteroatoms. The van der Waals surface area contributed by atoms with Crippen LogP contribution >= 0.6 is 23.2 Å². The van der Waals surface area contributed by atoms with Crippen LogP contribution in [0, 0.1) is 5.82 Å². The molecule has 0 aromatic heterocycles. The Kier molecular flexibility index (Phi) is 6.44. The Balaban J connectivity index is 1.59. The topological polar surface area (TPSA) is 66.9 Å². The summed E-state index contributed by atoms with van der Waals surface area (Å²) in [5.41, 5.74) is 0. The molecular formula is C18H17Cl2FN2O4S. The van der Waals surface area contributed by atoms with Crippen LogP contribution in [0.15, 0.2) is 47.4 Å². The number of sulfonamides is 1. The van der Waals surface area contributed by atoms with E-state index in [2.05, 4.69) is 0 Å². The molecule has 150 valence electrons. The van der Waals surface area contributed by atoms with Gasteiger partial charge in [-0.2, -0.15) is 4.31 Å². The first-order valence-electron chi connectivity index (χ1n) is 8.39. The summed E-state index contributed by atoms with van der Waals surface area (Å²) in [7, 11) is -3.82. The lowest BCUT2D eigenvalue weighted by Gasteiger charge is -2.34. The fourth-order valence-electron chi connectivity index (χ4n) is 2.78. The predicted octanol–water partition coefficient (Wildman–Crippen LogP) is 3.04. The molecule has 1 heterocycles. The summed E-state index contributed by atoms with van der Waals surface area (Å²) in [6.45, 7) is 0.412. The molecule has 1 aliphatic heterocycles. The van der Waals surface area contributed by atoms with Gasteiger partial charge in [-0.05, 0) is 30.3 Å².